The summed E-state index contributed by atoms with van der Waals surface area (Å²) in [6, 6.07) is 11.8. The molecule has 0 radical (unpaired) electrons. The van der Waals surface area contributed by atoms with Crippen LogP contribution in [0, 0.1) is 0 Å². The highest BCUT2D eigenvalue weighted by molar-refractivity contribution is 6.20. The van der Waals surface area contributed by atoms with E-state index in [4.69, 9.17) is 9.57 Å². The van der Waals surface area contributed by atoms with Crippen LogP contribution in [0.5, 0.6) is 5.75 Å². The molecule has 4 rings (SSSR count). The second kappa shape index (κ2) is 6.03. The molecular formula is C19H14N2O5. The number of fused-ring (bicyclic) bond motifs is 2. The van der Waals surface area contributed by atoms with Crippen molar-refractivity contribution >= 4 is 28.7 Å². The number of nitrogens with zero attached hydrogens (tertiary/aromatic N) is 1. The maximum atomic E-state index is 12.3. The zero-order valence-corrected chi connectivity index (χ0v) is 13.8. The van der Waals surface area contributed by atoms with E-state index in [2.05, 4.69) is 4.98 Å². The quantitative estimate of drug-likeness (QED) is 0.730. The number of nitrogens with one attached hydrogen (secondary N) is 1. The number of methoxy groups -OCH3 is 1. The normalized spacial score (nSPS) is 13.2. The molecular weight excluding hydrogens is 336 g/mol. The third-order valence-electron chi connectivity index (χ3n) is 4.26. The Morgan fingerprint density at radius 3 is 2.42 bits per heavy atom. The van der Waals surface area contributed by atoms with E-state index in [9.17, 15) is 14.4 Å². The molecule has 26 heavy (non-hydrogen) atoms. The fourth-order valence-electron chi connectivity index (χ4n) is 2.97. The highest BCUT2D eigenvalue weighted by Gasteiger charge is 2.38. The highest BCUT2D eigenvalue weighted by atomic mass is 16.7. The van der Waals surface area contributed by atoms with Crippen molar-refractivity contribution in [1.82, 2.24) is 10.0 Å². The van der Waals surface area contributed by atoms with Crippen LogP contribution in [0.4, 0.5) is 0 Å². The Morgan fingerprint density at radius 2 is 1.77 bits per heavy atom. The fourth-order valence-corrected chi connectivity index (χ4v) is 2.97. The van der Waals surface area contributed by atoms with Gasteiger partial charge in [0.15, 0.2) is 0 Å². The number of amides is 2. The molecule has 1 aromatic heterocycles. The number of aromatic nitrogens is 1. The number of carbonyl (C=O) groups excluding carboxylic acids is 3. The molecule has 0 bridgehead atoms. The maximum absolute atomic E-state index is 12.3. The number of carbonyl (C=O) groups is 3. The Morgan fingerprint density at radius 1 is 1.08 bits per heavy atom. The summed E-state index contributed by atoms with van der Waals surface area (Å²) in [5.74, 6) is -1.32. The lowest BCUT2D eigenvalue weighted by atomic mass is 10.1. The van der Waals surface area contributed by atoms with Gasteiger partial charge in [0.25, 0.3) is 11.8 Å². The number of hydrogen-bond acceptors (Lipinski definition) is 5. The molecule has 7 heteroatoms. The number of aromatic amines is 1. The first kappa shape index (κ1) is 15.9. The minimum Gasteiger partial charge on any atom is -0.497 e. The van der Waals surface area contributed by atoms with Gasteiger partial charge in [0.2, 0.25) is 0 Å². The van der Waals surface area contributed by atoms with Crippen molar-refractivity contribution in [3.63, 3.8) is 0 Å². The molecule has 7 nitrogen and oxygen atoms in total. The van der Waals surface area contributed by atoms with Crippen LogP contribution in [0.1, 0.15) is 26.3 Å². The predicted octanol–water partition coefficient (Wildman–Crippen LogP) is 2.47. The van der Waals surface area contributed by atoms with Gasteiger partial charge in [0.05, 0.1) is 24.7 Å². The number of hydroxylamine groups is 2. The maximum Gasteiger partial charge on any atom is 0.337 e. The Labute approximate surface area is 148 Å². The molecule has 2 heterocycles. The minimum atomic E-state index is -0.705. The van der Waals surface area contributed by atoms with Crippen LogP contribution in [0.15, 0.2) is 48.7 Å². The van der Waals surface area contributed by atoms with E-state index < -0.39 is 17.8 Å². The van der Waals surface area contributed by atoms with E-state index in [0.717, 1.165) is 10.9 Å². The van der Waals surface area contributed by atoms with Gasteiger partial charge in [-0.05, 0) is 35.9 Å². The molecule has 0 saturated carbocycles. The lowest BCUT2D eigenvalue weighted by molar-refractivity contribution is -0.167. The Balaban J connectivity index is 1.54. The lowest BCUT2D eigenvalue weighted by Crippen LogP contribution is -2.33. The summed E-state index contributed by atoms with van der Waals surface area (Å²) in [6.45, 7) is 0. The van der Waals surface area contributed by atoms with Crippen molar-refractivity contribution in [2.45, 2.75) is 6.42 Å². The Bertz CT molecular complexity index is 1020. The van der Waals surface area contributed by atoms with Gasteiger partial charge in [-0.1, -0.05) is 17.2 Å². The smallest absolute Gasteiger partial charge is 0.337 e. The second-order valence-electron chi connectivity index (χ2n) is 5.82. The standard InChI is InChI=1S/C19H14N2O5/c1-25-12-6-7-16-15(9-12)11(10-20-16)8-17(22)26-21-18(23)13-4-2-3-5-14(13)19(21)24/h2-7,9-10,20H,8H2,1H3. The van der Waals surface area contributed by atoms with Crippen molar-refractivity contribution in [1.29, 1.82) is 0 Å². The topological polar surface area (TPSA) is 88.7 Å². The summed E-state index contributed by atoms with van der Waals surface area (Å²) in [6.07, 6.45) is 1.59. The van der Waals surface area contributed by atoms with Crippen LogP contribution in [-0.4, -0.2) is 34.9 Å². The van der Waals surface area contributed by atoms with E-state index in [0.29, 0.717) is 16.4 Å². The monoisotopic (exact) mass is 350 g/mol. The molecule has 130 valence electrons. The number of H-pyrrole nitrogens is 1. The number of rotatable bonds is 4. The molecule has 2 amide bonds. The molecule has 1 aliphatic rings. The van der Waals surface area contributed by atoms with Crippen LogP contribution in [0.25, 0.3) is 10.9 Å². The molecule has 1 N–H and O–H groups in total. The van der Waals surface area contributed by atoms with E-state index >= 15 is 0 Å². The molecule has 2 aromatic carbocycles. The summed E-state index contributed by atoms with van der Waals surface area (Å²) in [4.78, 5) is 44.9. The summed E-state index contributed by atoms with van der Waals surface area (Å²) in [5, 5.41) is 1.33. The second-order valence-corrected chi connectivity index (χ2v) is 5.82. The highest BCUT2D eigenvalue weighted by Crippen LogP contribution is 2.26. The van der Waals surface area contributed by atoms with Crippen molar-refractivity contribution in [2.24, 2.45) is 0 Å². The lowest BCUT2D eigenvalue weighted by Gasteiger charge is -2.12. The van der Waals surface area contributed by atoms with Crippen molar-refractivity contribution in [2.75, 3.05) is 7.11 Å². The summed E-state index contributed by atoms with van der Waals surface area (Å²) >= 11 is 0. The van der Waals surface area contributed by atoms with E-state index in [1.165, 1.54) is 12.1 Å². The van der Waals surface area contributed by atoms with Gasteiger partial charge < -0.3 is 14.6 Å². The van der Waals surface area contributed by atoms with E-state index in [-0.39, 0.29) is 17.5 Å². The van der Waals surface area contributed by atoms with Crippen molar-refractivity contribution in [3.8, 4) is 5.75 Å². The average Bonchev–Trinajstić information content (AvgIpc) is 3.16. The van der Waals surface area contributed by atoms with E-state index in [1.807, 2.05) is 6.07 Å². The zero-order chi connectivity index (χ0) is 18.3. The molecule has 0 atom stereocenters. The summed E-state index contributed by atoms with van der Waals surface area (Å²) in [5.41, 5.74) is 1.97. The first-order chi connectivity index (χ1) is 12.6. The molecule has 1 aliphatic heterocycles. The molecule has 0 fully saturated rings. The summed E-state index contributed by atoms with van der Waals surface area (Å²) in [7, 11) is 1.56. The number of imide groups is 1. The van der Waals surface area contributed by atoms with Crippen LogP contribution in [-0.2, 0) is 16.1 Å². The van der Waals surface area contributed by atoms with Gasteiger partial charge in [-0.25, -0.2) is 4.79 Å². The predicted molar refractivity (Wildman–Crippen MR) is 91.6 cm³/mol. The molecule has 0 spiro atoms. The van der Waals surface area contributed by atoms with Gasteiger partial charge in [0.1, 0.15) is 5.75 Å². The third-order valence-corrected chi connectivity index (χ3v) is 4.26. The van der Waals surface area contributed by atoms with Gasteiger partial charge in [0, 0.05) is 17.1 Å². The minimum absolute atomic E-state index is 0.0967. The van der Waals surface area contributed by atoms with Crippen molar-refractivity contribution in [3.05, 3.63) is 65.4 Å². The Hall–Kier alpha value is -3.61. The van der Waals surface area contributed by atoms with Crippen molar-refractivity contribution < 1.29 is 24.0 Å². The van der Waals surface area contributed by atoms with Crippen LogP contribution < -0.4 is 4.74 Å². The molecule has 0 saturated heterocycles. The SMILES string of the molecule is COc1ccc2[nH]cc(CC(=O)ON3C(=O)c4ccccc4C3=O)c2c1. The molecule has 0 aliphatic carbocycles. The van der Waals surface area contributed by atoms with Crippen LogP contribution in [0.3, 0.4) is 0 Å². The average molecular weight is 350 g/mol. The summed E-state index contributed by atoms with van der Waals surface area (Å²) < 4.78 is 5.20. The van der Waals surface area contributed by atoms with E-state index in [1.54, 1.807) is 37.6 Å². The van der Waals surface area contributed by atoms with Gasteiger partial charge >= 0.3 is 5.97 Å². The first-order valence-electron chi connectivity index (χ1n) is 7.91. The number of ether oxygens (including phenoxy) is 1. The Kier molecular flexibility index (Phi) is 3.69. The number of benzene rings is 2. The zero-order valence-electron chi connectivity index (χ0n) is 13.8. The van der Waals surface area contributed by atoms with Gasteiger partial charge in [-0.3, -0.25) is 9.59 Å². The molecule has 0 unspecified atom stereocenters. The van der Waals surface area contributed by atoms with Gasteiger partial charge in [-0.2, -0.15) is 0 Å². The van der Waals surface area contributed by atoms with Crippen LogP contribution >= 0.6 is 0 Å². The molecule has 3 aromatic rings. The third kappa shape index (κ3) is 2.50. The largest absolute Gasteiger partial charge is 0.497 e. The van der Waals surface area contributed by atoms with Crippen LogP contribution in [0.2, 0.25) is 0 Å². The first-order valence-corrected chi connectivity index (χ1v) is 7.91. The fraction of sp³-hybridized carbons (Fsp3) is 0.105. The number of hydrogen-bond donors (Lipinski definition) is 1. The van der Waals surface area contributed by atoms with Gasteiger partial charge in [-0.15, -0.1) is 0 Å².